The molecule has 8 aromatic rings. The Kier molecular flexibility index (Phi) is 16.9. The molecule has 74 heavy (non-hydrogen) atoms. The molecule has 2 unspecified atom stereocenters. The zero-order chi connectivity index (χ0) is 52.6. The molecule has 2 atom stereocenters. The van der Waals surface area contributed by atoms with E-state index >= 15 is 0 Å². The van der Waals surface area contributed by atoms with Gasteiger partial charge in [0.15, 0.2) is 0 Å². The van der Waals surface area contributed by atoms with Crippen LogP contribution in [0.3, 0.4) is 0 Å². The SMILES string of the molecule is CCn1nnc2c(C)c(C(CC(=O)O)c3ccc4c(c3)CN(C(=O)c3cccc(Cl)c3)CC4)ccc21.CCn1nnc2c(C)c(C(CC(=O)OC)c3ccc4c(c3)CNCC4)ccc21.O=C(O)c1cccc(Cl)c1. The van der Waals surface area contributed by atoms with Crippen LogP contribution in [-0.2, 0) is 53.3 Å². The number of rotatable bonds is 12. The lowest BCUT2D eigenvalue weighted by Gasteiger charge is -2.30. The molecule has 4 heterocycles. The molecule has 2 aliphatic heterocycles. The number of hydrogen-bond acceptors (Lipinski definition) is 10. The third-order valence-corrected chi connectivity index (χ3v) is 14.4. The highest BCUT2D eigenvalue weighted by Crippen LogP contribution is 2.37. The normalized spacial score (nSPS) is 13.6. The first kappa shape index (κ1) is 52.9. The average molecular weight is 1040 g/mol. The number of aryl methyl sites for hydroxylation is 4. The second kappa shape index (κ2) is 23.6. The van der Waals surface area contributed by atoms with E-state index in [0.29, 0.717) is 41.7 Å². The molecular formula is C57H58Cl2N8O7. The minimum absolute atomic E-state index is 0.0434. The van der Waals surface area contributed by atoms with Crippen molar-refractivity contribution in [3.8, 4) is 0 Å². The van der Waals surface area contributed by atoms with E-state index in [4.69, 9.17) is 33.0 Å². The fourth-order valence-electron chi connectivity index (χ4n) is 9.94. The van der Waals surface area contributed by atoms with Gasteiger partial charge in [0.05, 0.1) is 36.5 Å². The number of aliphatic carboxylic acids is 1. The summed E-state index contributed by atoms with van der Waals surface area (Å²) in [5, 5.41) is 39.8. The van der Waals surface area contributed by atoms with E-state index in [1.165, 1.54) is 35.9 Å². The molecule has 1 amide bonds. The number of benzene rings is 6. The van der Waals surface area contributed by atoms with Gasteiger partial charge in [-0.2, -0.15) is 0 Å². The van der Waals surface area contributed by atoms with Crippen LogP contribution in [0.25, 0.3) is 22.1 Å². The molecule has 0 fully saturated rings. The van der Waals surface area contributed by atoms with Crippen LogP contribution < -0.4 is 5.32 Å². The topological polar surface area (TPSA) is 195 Å². The van der Waals surface area contributed by atoms with Gasteiger partial charge in [0, 0.05) is 60.2 Å². The van der Waals surface area contributed by atoms with Gasteiger partial charge in [0.25, 0.3) is 5.91 Å². The monoisotopic (exact) mass is 1040 g/mol. The summed E-state index contributed by atoms with van der Waals surface area (Å²) in [6.45, 7) is 12.6. The third kappa shape index (κ3) is 11.8. The van der Waals surface area contributed by atoms with Gasteiger partial charge in [0.1, 0.15) is 11.0 Å². The average Bonchev–Trinajstić information content (AvgIpc) is 4.05. The number of carbonyl (C=O) groups excluding carboxylic acids is 2. The molecule has 17 heteroatoms. The lowest BCUT2D eigenvalue weighted by molar-refractivity contribution is -0.141. The number of methoxy groups -OCH3 is 1. The zero-order valence-electron chi connectivity index (χ0n) is 41.9. The summed E-state index contributed by atoms with van der Waals surface area (Å²) in [4.78, 5) is 49.4. The molecule has 6 aromatic carbocycles. The van der Waals surface area contributed by atoms with Crippen molar-refractivity contribution in [2.24, 2.45) is 0 Å². The van der Waals surface area contributed by atoms with E-state index in [0.717, 1.165) is 93.5 Å². The first-order chi connectivity index (χ1) is 35.7. The molecule has 0 aliphatic carbocycles. The summed E-state index contributed by atoms with van der Waals surface area (Å²) in [7, 11) is 1.44. The maximum Gasteiger partial charge on any atom is 0.335 e. The number of amides is 1. The van der Waals surface area contributed by atoms with Crippen LogP contribution in [0, 0.1) is 13.8 Å². The molecule has 3 N–H and O–H groups in total. The Balaban J connectivity index is 0.000000169. The number of carboxylic acid groups (broad SMARTS) is 2. The maximum atomic E-state index is 13.1. The van der Waals surface area contributed by atoms with Crippen LogP contribution in [0.2, 0.25) is 10.0 Å². The Hall–Kier alpha value is -7.46. The molecular weight excluding hydrogens is 980 g/mol. The number of nitrogens with one attached hydrogen (secondary N) is 1. The molecule has 0 saturated carbocycles. The van der Waals surface area contributed by atoms with E-state index in [1.54, 1.807) is 36.4 Å². The summed E-state index contributed by atoms with van der Waals surface area (Å²) in [5.74, 6) is -2.51. The molecule has 382 valence electrons. The van der Waals surface area contributed by atoms with Crippen LogP contribution in [0.15, 0.2) is 109 Å². The number of esters is 1. The predicted molar refractivity (Wildman–Crippen MR) is 285 cm³/mol. The van der Waals surface area contributed by atoms with Crippen molar-refractivity contribution < 1.29 is 34.1 Å². The Labute approximate surface area is 439 Å². The zero-order valence-corrected chi connectivity index (χ0v) is 43.5. The van der Waals surface area contributed by atoms with Crippen molar-refractivity contribution in [3.05, 3.63) is 186 Å². The summed E-state index contributed by atoms with van der Waals surface area (Å²) in [6, 6.07) is 34.0. The Morgan fingerprint density at radius 3 is 1.73 bits per heavy atom. The predicted octanol–water partition coefficient (Wildman–Crippen LogP) is 10.4. The standard InChI is InChI=1S/C28H27ClN4O3.C22H26N4O2.C7H5ClO2/c1-3-33-25-10-9-23(17(2)27(25)30-31-33)24(15-26(34)35)19-8-7-18-11-12-32(16-21(18)13-19)28(36)20-5-4-6-22(29)14-20;1-4-26-20-8-7-18(14(2)22(20)24-25-26)19(12-21(27)28-3)16-6-5-15-9-10-23-13-17(15)11-16;8-6-3-1-2-5(4-6)7(9)10/h4-10,13-14,24H,3,11-12,15-16H2,1-2H3,(H,34,35);5-8,11,19,23H,4,9-10,12-13H2,1-3H3;1-4H,(H,9,10). The summed E-state index contributed by atoms with van der Waals surface area (Å²) >= 11 is 11.6. The largest absolute Gasteiger partial charge is 0.481 e. The van der Waals surface area contributed by atoms with Crippen LogP contribution in [0.1, 0.15) is 115 Å². The maximum absolute atomic E-state index is 13.1. The molecule has 10 rings (SSSR count). The van der Waals surface area contributed by atoms with Crippen molar-refractivity contribution in [2.45, 2.75) is 91.4 Å². The van der Waals surface area contributed by atoms with Gasteiger partial charge in [0.2, 0.25) is 0 Å². The number of carbonyl (C=O) groups is 4. The van der Waals surface area contributed by atoms with E-state index in [2.05, 4.69) is 82.3 Å². The molecule has 0 radical (unpaired) electrons. The third-order valence-electron chi connectivity index (χ3n) is 13.9. The lowest BCUT2D eigenvalue weighted by atomic mass is 9.83. The summed E-state index contributed by atoms with van der Waals surface area (Å²) in [6.07, 6.45) is 2.05. The Morgan fingerprint density at radius 1 is 0.662 bits per heavy atom. The van der Waals surface area contributed by atoms with E-state index in [9.17, 15) is 24.3 Å². The number of ether oxygens (including phenoxy) is 1. The Bertz CT molecular complexity index is 3390. The minimum Gasteiger partial charge on any atom is -0.481 e. The molecule has 15 nitrogen and oxygen atoms in total. The van der Waals surface area contributed by atoms with E-state index in [-0.39, 0.29) is 35.7 Å². The van der Waals surface area contributed by atoms with Crippen molar-refractivity contribution in [1.82, 2.24) is 40.2 Å². The second-order valence-corrected chi connectivity index (χ2v) is 19.2. The first-order valence-electron chi connectivity index (χ1n) is 24.6. The minimum atomic E-state index is -0.956. The van der Waals surface area contributed by atoms with Crippen LogP contribution in [0.4, 0.5) is 0 Å². The quantitative estimate of drug-likeness (QED) is 0.0982. The van der Waals surface area contributed by atoms with E-state index in [1.807, 2.05) is 46.3 Å². The fraction of sp³-hybridized carbons (Fsp3) is 0.298. The molecule has 0 saturated heterocycles. The number of aromatic carboxylic acids is 1. The highest BCUT2D eigenvalue weighted by molar-refractivity contribution is 6.31. The highest BCUT2D eigenvalue weighted by Gasteiger charge is 2.28. The number of halogens is 2. The van der Waals surface area contributed by atoms with Gasteiger partial charge in [-0.15, -0.1) is 10.2 Å². The summed E-state index contributed by atoms with van der Waals surface area (Å²) < 4.78 is 8.73. The Morgan fingerprint density at radius 2 is 1.20 bits per heavy atom. The van der Waals surface area contributed by atoms with Crippen molar-refractivity contribution >= 4 is 69.1 Å². The smallest absolute Gasteiger partial charge is 0.335 e. The van der Waals surface area contributed by atoms with Crippen molar-refractivity contribution in [1.29, 1.82) is 0 Å². The lowest BCUT2D eigenvalue weighted by Crippen LogP contribution is -2.36. The van der Waals surface area contributed by atoms with Crippen LogP contribution in [-0.4, -0.2) is 89.1 Å². The van der Waals surface area contributed by atoms with Gasteiger partial charge >= 0.3 is 17.9 Å². The number of fused-ring (bicyclic) bond motifs is 4. The van der Waals surface area contributed by atoms with Gasteiger partial charge in [-0.3, -0.25) is 14.4 Å². The van der Waals surface area contributed by atoms with Gasteiger partial charge < -0.3 is 25.2 Å². The second-order valence-electron chi connectivity index (χ2n) is 18.4. The fourth-order valence-corrected chi connectivity index (χ4v) is 10.3. The molecule has 2 aliphatic rings. The number of hydrogen-bond donors (Lipinski definition) is 3. The highest BCUT2D eigenvalue weighted by atomic mass is 35.5. The summed E-state index contributed by atoms with van der Waals surface area (Å²) in [5.41, 5.74) is 15.4. The van der Waals surface area contributed by atoms with Crippen molar-refractivity contribution in [2.75, 3.05) is 20.2 Å². The van der Waals surface area contributed by atoms with Gasteiger partial charge in [-0.1, -0.05) is 94.3 Å². The molecule has 2 aromatic heterocycles. The molecule has 0 spiro atoms. The van der Waals surface area contributed by atoms with Gasteiger partial charge in [-0.05, 0) is 151 Å². The van der Waals surface area contributed by atoms with Crippen LogP contribution in [0.5, 0.6) is 0 Å². The van der Waals surface area contributed by atoms with E-state index < -0.39 is 11.9 Å². The molecule has 0 bridgehead atoms. The first-order valence-corrected chi connectivity index (χ1v) is 25.3. The number of aromatic nitrogens is 6. The van der Waals surface area contributed by atoms with Crippen LogP contribution >= 0.6 is 23.2 Å². The number of nitrogens with zero attached hydrogens (tertiary/aromatic N) is 7. The van der Waals surface area contributed by atoms with Gasteiger partial charge in [-0.25, -0.2) is 14.2 Å². The van der Waals surface area contributed by atoms with Crippen molar-refractivity contribution in [3.63, 3.8) is 0 Å². The number of carboxylic acids is 2.